The highest BCUT2D eigenvalue weighted by Crippen LogP contribution is 2.26. The third kappa shape index (κ3) is 3.54. The lowest BCUT2D eigenvalue weighted by Gasteiger charge is -2.13. The molecule has 0 aliphatic carbocycles. The third-order valence-electron chi connectivity index (χ3n) is 3.62. The molecule has 5 nitrogen and oxygen atoms in total. The van der Waals surface area contributed by atoms with E-state index in [1.165, 1.54) is 4.88 Å². The van der Waals surface area contributed by atoms with E-state index < -0.39 is 0 Å². The molecule has 0 radical (unpaired) electrons. The second-order valence-corrected chi connectivity index (χ2v) is 6.38. The first-order chi connectivity index (χ1) is 11.7. The molecule has 0 saturated carbocycles. The molecule has 24 heavy (non-hydrogen) atoms. The number of esters is 1. The van der Waals surface area contributed by atoms with Gasteiger partial charge >= 0.3 is 5.97 Å². The number of hydrogen-bond acceptors (Lipinski definition) is 6. The van der Waals surface area contributed by atoms with Crippen molar-refractivity contribution in [1.29, 1.82) is 0 Å². The summed E-state index contributed by atoms with van der Waals surface area (Å²) in [7, 11) is 0. The molecule has 0 atom stereocenters. The van der Waals surface area contributed by atoms with E-state index >= 15 is 0 Å². The van der Waals surface area contributed by atoms with Gasteiger partial charge in [0.2, 0.25) is 0 Å². The van der Waals surface area contributed by atoms with Crippen LogP contribution in [0, 0.1) is 6.92 Å². The van der Waals surface area contributed by atoms with E-state index in [4.69, 9.17) is 4.74 Å². The number of thiophene rings is 1. The summed E-state index contributed by atoms with van der Waals surface area (Å²) in [6.45, 7) is 4.77. The second kappa shape index (κ2) is 7.40. The highest BCUT2D eigenvalue weighted by molar-refractivity contribution is 7.09. The van der Waals surface area contributed by atoms with Gasteiger partial charge in [-0.25, -0.2) is 14.8 Å². The van der Waals surface area contributed by atoms with Crippen LogP contribution in [-0.2, 0) is 11.2 Å². The van der Waals surface area contributed by atoms with Gasteiger partial charge in [-0.15, -0.1) is 11.3 Å². The van der Waals surface area contributed by atoms with Crippen molar-refractivity contribution in [2.75, 3.05) is 18.5 Å². The number of aromatic nitrogens is 2. The van der Waals surface area contributed by atoms with Crippen molar-refractivity contribution in [1.82, 2.24) is 9.97 Å². The van der Waals surface area contributed by atoms with Gasteiger partial charge < -0.3 is 10.1 Å². The molecule has 0 amide bonds. The minimum Gasteiger partial charge on any atom is -0.462 e. The molecule has 0 aliphatic heterocycles. The zero-order valence-corrected chi connectivity index (χ0v) is 14.5. The molecule has 0 aliphatic rings. The molecular weight excluding hydrogens is 322 g/mol. The number of fused-ring (bicyclic) bond motifs is 1. The zero-order valence-electron chi connectivity index (χ0n) is 13.7. The minimum atomic E-state index is -0.369. The van der Waals surface area contributed by atoms with E-state index in [0.717, 1.165) is 29.7 Å². The van der Waals surface area contributed by atoms with Crippen molar-refractivity contribution in [3.05, 3.63) is 52.0 Å². The van der Waals surface area contributed by atoms with Crippen LogP contribution in [0.1, 0.15) is 27.9 Å². The number of ether oxygens (including phenoxy) is 1. The van der Waals surface area contributed by atoms with Gasteiger partial charge in [-0.3, -0.25) is 0 Å². The van der Waals surface area contributed by atoms with E-state index in [2.05, 4.69) is 26.7 Å². The molecule has 1 N–H and O–H groups in total. The van der Waals surface area contributed by atoms with Gasteiger partial charge in [0.25, 0.3) is 0 Å². The molecule has 0 bridgehead atoms. The maximum Gasteiger partial charge on any atom is 0.341 e. The molecule has 124 valence electrons. The van der Waals surface area contributed by atoms with Crippen LogP contribution in [-0.4, -0.2) is 29.1 Å². The van der Waals surface area contributed by atoms with E-state index in [-0.39, 0.29) is 5.97 Å². The quantitative estimate of drug-likeness (QED) is 0.690. The first-order valence-electron chi connectivity index (χ1n) is 7.88. The maximum absolute atomic E-state index is 12.2. The summed E-state index contributed by atoms with van der Waals surface area (Å²) >= 11 is 1.73. The Morgan fingerprint density at radius 1 is 1.33 bits per heavy atom. The highest BCUT2D eigenvalue weighted by atomic mass is 32.1. The lowest BCUT2D eigenvalue weighted by Crippen LogP contribution is -2.13. The second-order valence-electron chi connectivity index (χ2n) is 5.35. The van der Waals surface area contributed by atoms with Crippen LogP contribution in [0.15, 0.2) is 35.8 Å². The lowest BCUT2D eigenvalue weighted by molar-refractivity contribution is 0.0527. The number of aryl methyl sites for hydroxylation is 1. The fourth-order valence-corrected chi connectivity index (χ4v) is 3.20. The smallest absolute Gasteiger partial charge is 0.341 e. The Hall–Kier alpha value is -2.47. The highest BCUT2D eigenvalue weighted by Gasteiger charge is 2.17. The van der Waals surface area contributed by atoms with Crippen molar-refractivity contribution in [2.24, 2.45) is 0 Å². The average molecular weight is 341 g/mol. The van der Waals surface area contributed by atoms with Crippen molar-refractivity contribution in [3.8, 4) is 0 Å². The van der Waals surface area contributed by atoms with E-state index in [0.29, 0.717) is 17.8 Å². The van der Waals surface area contributed by atoms with Crippen LogP contribution >= 0.6 is 11.3 Å². The van der Waals surface area contributed by atoms with Crippen LogP contribution in [0.2, 0.25) is 0 Å². The van der Waals surface area contributed by atoms with Gasteiger partial charge in [-0.1, -0.05) is 6.07 Å². The predicted octanol–water partition coefficient (Wildman–Crippen LogP) is 3.83. The molecule has 3 aromatic rings. The summed E-state index contributed by atoms with van der Waals surface area (Å²) in [5.41, 5.74) is 2.70. The number of carbonyl (C=O) groups excluding carboxylic acids is 1. The predicted molar refractivity (Wildman–Crippen MR) is 96.7 cm³/mol. The van der Waals surface area contributed by atoms with Gasteiger partial charge in [0.05, 0.1) is 12.3 Å². The number of rotatable bonds is 6. The first-order valence-corrected chi connectivity index (χ1v) is 8.76. The Kier molecular flexibility index (Phi) is 5.05. The number of nitrogens with one attached hydrogen (secondary N) is 1. The lowest BCUT2D eigenvalue weighted by atomic mass is 10.1. The maximum atomic E-state index is 12.2. The Labute approximate surface area is 144 Å². The molecule has 0 unspecified atom stereocenters. The Morgan fingerprint density at radius 2 is 2.21 bits per heavy atom. The van der Waals surface area contributed by atoms with Crippen LogP contribution in [0.3, 0.4) is 0 Å². The van der Waals surface area contributed by atoms with Crippen LogP contribution in [0.4, 0.5) is 5.69 Å². The van der Waals surface area contributed by atoms with Crippen molar-refractivity contribution < 1.29 is 9.53 Å². The van der Waals surface area contributed by atoms with Gasteiger partial charge in [-0.2, -0.15) is 0 Å². The van der Waals surface area contributed by atoms with Gasteiger partial charge in [0, 0.05) is 28.7 Å². The average Bonchev–Trinajstić information content (AvgIpc) is 3.08. The number of anilines is 1. The fraction of sp³-hybridized carbons (Fsp3) is 0.278. The molecule has 0 saturated heterocycles. The topological polar surface area (TPSA) is 64.1 Å². The van der Waals surface area contributed by atoms with Crippen LogP contribution in [0.25, 0.3) is 11.0 Å². The zero-order chi connectivity index (χ0) is 16.9. The summed E-state index contributed by atoms with van der Waals surface area (Å²) in [6, 6.07) is 8.01. The standard InChI is InChI=1S/C18H19N3O2S/c1-3-23-18(22)15-11-20-17-14(7-6-12(2)21-17)16(15)19-9-8-13-5-4-10-24-13/h4-7,10-11H,3,8-9H2,1-2H3,(H,19,20,21). The Balaban J connectivity index is 1.93. The van der Waals surface area contributed by atoms with Gasteiger partial charge in [0.15, 0.2) is 5.65 Å². The summed E-state index contributed by atoms with van der Waals surface area (Å²) in [6.07, 6.45) is 2.43. The Morgan fingerprint density at radius 3 is 2.96 bits per heavy atom. The molecule has 0 aromatic carbocycles. The SMILES string of the molecule is CCOC(=O)c1cnc2nc(C)ccc2c1NCCc1cccs1. The molecule has 0 fully saturated rings. The molecular formula is C18H19N3O2S. The van der Waals surface area contributed by atoms with Crippen LogP contribution < -0.4 is 5.32 Å². The summed E-state index contributed by atoms with van der Waals surface area (Å²) in [4.78, 5) is 22.3. The van der Waals surface area contributed by atoms with E-state index in [9.17, 15) is 4.79 Å². The minimum absolute atomic E-state index is 0.331. The largest absolute Gasteiger partial charge is 0.462 e. The third-order valence-corrected chi connectivity index (χ3v) is 4.55. The number of nitrogens with zero attached hydrogens (tertiary/aromatic N) is 2. The number of pyridine rings is 2. The summed E-state index contributed by atoms with van der Waals surface area (Å²) in [5.74, 6) is -0.369. The molecule has 3 heterocycles. The summed E-state index contributed by atoms with van der Waals surface area (Å²) in [5, 5.41) is 6.27. The first kappa shape index (κ1) is 16.4. The van der Waals surface area contributed by atoms with Crippen molar-refractivity contribution in [3.63, 3.8) is 0 Å². The summed E-state index contributed by atoms with van der Waals surface area (Å²) < 4.78 is 5.16. The number of hydrogen-bond donors (Lipinski definition) is 1. The van der Waals surface area contributed by atoms with Gasteiger partial charge in [-0.05, 0) is 43.8 Å². The monoisotopic (exact) mass is 341 g/mol. The Bertz CT molecular complexity index is 847. The van der Waals surface area contributed by atoms with E-state index in [1.54, 1.807) is 24.5 Å². The molecule has 6 heteroatoms. The fourth-order valence-electron chi connectivity index (χ4n) is 2.49. The van der Waals surface area contributed by atoms with E-state index in [1.807, 2.05) is 25.1 Å². The number of carbonyl (C=O) groups is 1. The van der Waals surface area contributed by atoms with Crippen molar-refractivity contribution >= 4 is 34.0 Å². The van der Waals surface area contributed by atoms with Crippen LogP contribution in [0.5, 0.6) is 0 Å². The molecule has 3 rings (SSSR count). The molecule has 3 aromatic heterocycles. The molecule has 0 spiro atoms. The van der Waals surface area contributed by atoms with Crippen molar-refractivity contribution in [2.45, 2.75) is 20.3 Å². The normalized spacial score (nSPS) is 10.8. The van der Waals surface area contributed by atoms with Gasteiger partial charge in [0.1, 0.15) is 5.56 Å².